The minimum atomic E-state index is -0.579. The lowest BCUT2D eigenvalue weighted by Gasteiger charge is -2.22. The van der Waals surface area contributed by atoms with E-state index in [1.165, 1.54) is 35.1 Å². The molecule has 0 aliphatic carbocycles. The molecular formula is C27H25N3O7. The van der Waals surface area contributed by atoms with E-state index in [2.05, 4.69) is 0 Å². The third kappa shape index (κ3) is 4.99. The normalized spacial score (nSPS) is 12.4. The first kappa shape index (κ1) is 25.4. The Morgan fingerprint density at radius 2 is 1.68 bits per heavy atom. The Bertz CT molecular complexity index is 1370. The molecule has 0 saturated heterocycles. The maximum Gasteiger partial charge on any atom is 0.310 e. The summed E-state index contributed by atoms with van der Waals surface area (Å²) in [6, 6.07) is 16.0. The van der Waals surface area contributed by atoms with Crippen LogP contribution in [0.2, 0.25) is 0 Å². The maximum atomic E-state index is 13.2. The topological polar surface area (TPSA) is 119 Å². The monoisotopic (exact) mass is 503 g/mol. The van der Waals surface area contributed by atoms with Gasteiger partial charge in [0.05, 0.1) is 35.5 Å². The number of anilines is 1. The first-order valence-corrected chi connectivity index (χ1v) is 11.5. The third-order valence-corrected chi connectivity index (χ3v) is 6.07. The van der Waals surface area contributed by atoms with E-state index >= 15 is 0 Å². The molecule has 190 valence electrons. The number of hydrogen-bond acceptors (Lipinski definition) is 7. The van der Waals surface area contributed by atoms with Crippen molar-refractivity contribution >= 4 is 29.1 Å². The number of nitro groups is 1. The predicted molar refractivity (Wildman–Crippen MR) is 135 cm³/mol. The van der Waals surface area contributed by atoms with Gasteiger partial charge in [-0.3, -0.25) is 29.4 Å². The lowest BCUT2D eigenvalue weighted by molar-refractivity contribution is -0.385. The molecule has 0 radical (unpaired) electrons. The largest absolute Gasteiger partial charge is 0.491 e. The van der Waals surface area contributed by atoms with Crippen LogP contribution in [0.25, 0.3) is 0 Å². The van der Waals surface area contributed by atoms with Crippen molar-refractivity contribution in [2.24, 2.45) is 0 Å². The van der Waals surface area contributed by atoms with Gasteiger partial charge in [0.2, 0.25) is 0 Å². The van der Waals surface area contributed by atoms with E-state index in [-0.39, 0.29) is 42.0 Å². The molecule has 4 rings (SSSR count). The van der Waals surface area contributed by atoms with Crippen molar-refractivity contribution in [3.8, 4) is 11.5 Å². The van der Waals surface area contributed by atoms with Crippen molar-refractivity contribution in [3.63, 3.8) is 0 Å². The highest BCUT2D eigenvalue weighted by Crippen LogP contribution is 2.32. The van der Waals surface area contributed by atoms with Crippen LogP contribution in [0.1, 0.15) is 43.1 Å². The van der Waals surface area contributed by atoms with Crippen LogP contribution in [0.15, 0.2) is 60.7 Å². The zero-order valence-corrected chi connectivity index (χ0v) is 20.6. The van der Waals surface area contributed by atoms with Crippen LogP contribution in [0.4, 0.5) is 11.4 Å². The number of imide groups is 1. The number of carbonyl (C=O) groups excluding carboxylic acids is 3. The lowest BCUT2D eigenvalue weighted by atomic mass is 10.1. The molecule has 1 aliphatic heterocycles. The molecule has 0 atom stereocenters. The van der Waals surface area contributed by atoms with Crippen LogP contribution in [-0.4, -0.2) is 54.9 Å². The van der Waals surface area contributed by atoms with E-state index in [9.17, 15) is 24.5 Å². The molecule has 0 spiro atoms. The van der Waals surface area contributed by atoms with E-state index in [4.69, 9.17) is 9.47 Å². The Kier molecular flexibility index (Phi) is 7.19. The summed E-state index contributed by atoms with van der Waals surface area (Å²) in [5.74, 6) is -0.612. The number of aryl methyl sites for hydroxylation is 1. The summed E-state index contributed by atoms with van der Waals surface area (Å²) < 4.78 is 11.0. The molecule has 0 N–H and O–H groups in total. The van der Waals surface area contributed by atoms with Gasteiger partial charge in [0, 0.05) is 31.3 Å². The molecule has 3 aromatic carbocycles. The second-order valence-electron chi connectivity index (χ2n) is 8.49. The molecular weight excluding hydrogens is 478 g/mol. The molecule has 0 bridgehead atoms. The highest BCUT2D eigenvalue weighted by atomic mass is 16.6. The Morgan fingerprint density at radius 1 is 1.00 bits per heavy atom. The van der Waals surface area contributed by atoms with Crippen LogP contribution in [0, 0.1) is 17.0 Å². The molecule has 3 aromatic rings. The van der Waals surface area contributed by atoms with Crippen LogP contribution >= 0.6 is 0 Å². The Hall–Kier alpha value is -4.73. The van der Waals surface area contributed by atoms with Gasteiger partial charge in [-0.15, -0.1) is 0 Å². The molecule has 0 unspecified atom stereocenters. The van der Waals surface area contributed by atoms with Gasteiger partial charge >= 0.3 is 5.69 Å². The molecule has 37 heavy (non-hydrogen) atoms. The third-order valence-electron chi connectivity index (χ3n) is 6.07. The van der Waals surface area contributed by atoms with Crippen molar-refractivity contribution in [2.75, 3.05) is 32.2 Å². The Labute approximate surface area is 213 Å². The number of carbonyl (C=O) groups is 3. The number of nitrogens with zero attached hydrogens (tertiary/aromatic N) is 3. The standard InChI is InChI=1S/C27H25N3O7/c1-17-9-11-21(28(2)25(31)18-10-12-22(30(34)35)23(16-18)36-3)24(15-17)37-14-6-13-29-26(32)19-7-4-5-8-20(19)27(29)33/h4-5,7-12,15-16H,6,13-14H2,1-3H3. The SMILES string of the molecule is COc1cc(C(=O)N(C)c2ccc(C)cc2OCCCN2C(=O)c3ccccc3C2=O)ccc1[N+](=O)[O-]. The molecule has 10 heteroatoms. The zero-order chi connectivity index (χ0) is 26.7. The number of nitro benzene ring substituents is 1. The molecule has 0 fully saturated rings. The summed E-state index contributed by atoms with van der Waals surface area (Å²) in [4.78, 5) is 51.5. The zero-order valence-electron chi connectivity index (χ0n) is 20.6. The van der Waals surface area contributed by atoms with Gasteiger partial charge in [-0.05, 0) is 49.2 Å². The number of methoxy groups -OCH3 is 1. The molecule has 3 amide bonds. The van der Waals surface area contributed by atoms with Crippen molar-refractivity contribution in [1.29, 1.82) is 0 Å². The summed E-state index contributed by atoms with van der Waals surface area (Å²) in [5, 5.41) is 11.2. The Balaban J connectivity index is 1.45. The maximum absolute atomic E-state index is 13.2. The number of amides is 3. The average Bonchev–Trinajstić information content (AvgIpc) is 3.14. The molecule has 0 saturated carbocycles. The van der Waals surface area contributed by atoms with Gasteiger partial charge in [-0.1, -0.05) is 18.2 Å². The summed E-state index contributed by atoms with van der Waals surface area (Å²) in [7, 11) is 2.88. The van der Waals surface area contributed by atoms with Gasteiger partial charge in [0.1, 0.15) is 5.75 Å². The average molecular weight is 504 g/mol. The highest BCUT2D eigenvalue weighted by molar-refractivity contribution is 6.21. The smallest absolute Gasteiger partial charge is 0.310 e. The first-order valence-electron chi connectivity index (χ1n) is 11.5. The number of rotatable bonds is 9. The summed E-state index contributed by atoms with van der Waals surface area (Å²) in [6.45, 7) is 2.29. The van der Waals surface area contributed by atoms with Crippen molar-refractivity contribution < 1.29 is 28.8 Å². The number of benzene rings is 3. The van der Waals surface area contributed by atoms with Crippen molar-refractivity contribution in [2.45, 2.75) is 13.3 Å². The van der Waals surface area contributed by atoms with Crippen molar-refractivity contribution in [3.05, 3.63) is 93.0 Å². The lowest BCUT2D eigenvalue weighted by Crippen LogP contribution is -2.31. The van der Waals surface area contributed by atoms with E-state index in [0.29, 0.717) is 29.0 Å². The van der Waals surface area contributed by atoms with Crippen LogP contribution in [0.3, 0.4) is 0 Å². The van der Waals surface area contributed by atoms with Crippen LogP contribution in [-0.2, 0) is 0 Å². The molecule has 10 nitrogen and oxygen atoms in total. The Morgan fingerprint density at radius 3 is 2.30 bits per heavy atom. The summed E-state index contributed by atoms with van der Waals surface area (Å²) in [6.07, 6.45) is 0.399. The van der Waals surface area contributed by atoms with E-state index in [1.54, 1.807) is 43.4 Å². The van der Waals surface area contributed by atoms with Gasteiger partial charge in [0.15, 0.2) is 5.75 Å². The molecule has 1 aliphatic rings. The fourth-order valence-corrected chi connectivity index (χ4v) is 4.13. The second-order valence-corrected chi connectivity index (χ2v) is 8.49. The summed E-state index contributed by atoms with van der Waals surface area (Å²) >= 11 is 0. The van der Waals surface area contributed by atoms with Gasteiger partial charge in [-0.2, -0.15) is 0 Å². The van der Waals surface area contributed by atoms with Gasteiger partial charge in [0.25, 0.3) is 17.7 Å². The summed E-state index contributed by atoms with van der Waals surface area (Å²) in [5.41, 5.74) is 2.18. The van der Waals surface area contributed by atoms with Gasteiger partial charge in [-0.25, -0.2) is 0 Å². The number of fused-ring (bicyclic) bond motifs is 1. The minimum absolute atomic E-state index is 0.0159. The predicted octanol–water partition coefficient (Wildman–Crippen LogP) is 4.25. The highest BCUT2D eigenvalue weighted by Gasteiger charge is 2.34. The quantitative estimate of drug-likeness (QED) is 0.185. The molecule has 1 heterocycles. The second kappa shape index (κ2) is 10.5. The molecule has 0 aromatic heterocycles. The van der Waals surface area contributed by atoms with Crippen molar-refractivity contribution in [1.82, 2.24) is 4.90 Å². The van der Waals surface area contributed by atoms with Crippen LogP contribution < -0.4 is 14.4 Å². The number of hydrogen-bond donors (Lipinski definition) is 0. The first-order chi connectivity index (χ1) is 17.7. The fourth-order valence-electron chi connectivity index (χ4n) is 4.13. The van der Waals surface area contributed by atoms with E-state index in [0.717, 1.165) is 5.56 Å². The van der Waals surface area contributed by atoms with E-state index in [1.807, 2.05) is 13.0 Å². The van der Waals surface area contributed by atoms with Crippen LogP contribution in [0.5, 0.6) is 11.5 Å². The fraction of sp³-hybridized carbons (Fsp3) is 0.222. The van der Waals surface area contributed by atoms with Gasteiger partial charge < -0.3 is 14.4 Å². The number of ether oxygens (including phenoxy) is 2. The minimum Gasteiger partial charge on any atom is -0.491 e. The van der Waals surface area contributed by atoms with E-state index < -0.39 is 10.8 Å².